The monoisotopic (exact) mass is 375 g/mol. The van der Waals surface area contributed by atoms with Crippen molar-refractivity contribution in [2.45, 2.75) is 26.4 Å². The Hall–Kier alpha value is -2.92. The van der Waals surface area contributed by atoms with E-state index in [0.717, 1.165) is 28.2 Å². The lowest BCUT2D eigenvalue weighted by Gasteiger charge is -2.33. The van der Waals surface area contributed by atoms with Gasteiger partial charge in [0.05, 0.1) is 31.0 Å². The molecule has 28 heavy (non-hydrogen) atoms. The SMILES string of the molecule is Cc1nn(-c2ccccc2)c(C)c1CC(=O)N1CCO[C@H](c2ccccc2)C1. The Morgan fingerprint density at radius 1 is 1.07 bits per heavy atom. The van der Waals surface area contributed by atoms with Gasteiger partial charge < -0.3 is 9.64 Å². The van der Waals surface area contributed by atoms with Crippen molar-refractivity contribution in [2.75, 3.05) is 19.7 Å². The highest BCUT2D eigenvalue weighted by molar-refractivity contribution is 5.79. The van der Waals surface area contributed by atoms with Crippen molar-refractivity contribution in [3.63, 3.8) is 0 Å². The number of hydrogen-bond acceptors (Lipinski definition) is 3. The van der Waals surface area contributed by atoms with E-state index in [0.29, 0.717) is 26.1 Å². The number of carbonyl (C=O) groups excluding carboxylic acids is 1. The topological polar surface area (TPSA) is 47.4 Å². The van der Waals surface area contributed by atoms with Gasteiger partial charge >= 0.3 is 0 Å². The molecule has 5 nitrogen and oxygen atoms in total. The van der Waals surface area contributed by atoms with Crippen LogP contribution in [0.15, 0.2) is 60.7 Å². The first-order valence-corrected chi connectivity index (χ1v) is 9.68. The summed E-state index contributed by atoms with van der Waals surface area (Å²) >= 11 is 0. The van der Waals surface area contributed by atoms with Gasteiger partial charge in [-0.1, -0.05) is 48.5 Å². The summed E-state index contributed by atoms with van der Waals surface area (Å²) < 4.78 is 7.81. The molecule has 0 bridgehead atoms. The normalized spacial score (nSPS) is 16.9. The van der Waals surface area contributed by atoms with E-state index < -0.39 is 0 Å². The molecule has 1 fully saturated rings. The van der Waals surface area contributed by atoms with Gasteiger partial charge in [0, 0.05) is 17.8 Å². The molecule has 3 aromatic rings. The van der Waals surface area contributed by atoms with Crippen LogP contribution in [0.25, 0.3) is 5.69 Å². The number of aryl methyl sites for hydroxylation is 1. The largest absolute Gasteiger partial charge is 0.370 e. The Morgan fingerprint density at radius 2 is 1.75 bits per heavy atom. The summed E-state index contributed by atoms with van der Waals surface area (Å²) in [6, 6.07) is 20.1. The highest BCUT2D eigenvalue weighted by Crippen LogP contribution is 2.24. The minimum Gasteiger partial charge on any atom is -0.370 e. The van der Waals surface area contributed by atoms with Crippen LogP contribution in [-0.2, 0) is 16.0 Å². The van der Waals surface area contributed by atoms with Crippen LogP contribution in [0.3, 0.4) is 0 Å². The van der Waals surface area contributed by atoms with Gasteiger partial charge in [0.15, 0.2) is 0 Å². The molecule has 0 N–H and O–H groups in total. The lowest BCUT2D eigenvalue weighted by atomic mass is 10.1. The molecule has 0 unspecified atom stereocenters. The lowest BCUT2D eigenvalue weighted by molar-refractivity contribution is -0.138. The second kappa shape index (κ2) is 7.98. The van der Waals surface area contributed by atoms with Gasteiger partial charge in [-0.25, -0.2) is 4.68 Å². The Kier molecular flexibility index (Phi) is 5.26. The number of aromatic nitrogens is 2. The van der Waals surface area contributed by atoms with E-state index in [-0.39, 0.29) is 12.0 Å². The smallest absolute Gasteiger partial charge is 0.227 e. The predicted molar refractivity (Wildman–Crippen MR) is 108 cm³/mol. The first-order chi connectivity index (χ1) is 13.6. The van der Waals surface area contributed by atoms with Crippen molar-refractivity contribution in [1.29, 1.82) is 0 Å². The molecule has 1 atom stereocenters. The zero-order valence-corrected chi connectivity index (χ0v) is 16.3. The number of amides is 1. The van der Waals surface area contributed by atoms with E-state index in [2.05, 4.69) is 17.2 Å². The fourth-order valence-electron chi connectivity index (χ4n) is 3.76. The Labute approximate surface area is 165 Å². The van der Waals surface area contributed by atoms with Gasteiger partial charge in [-0.2, -0.15) is 5.10 Å². The summed E-state index contributed by atoms with van der Waals surface area (Å²) in [6.45, 7) is 5.79. The van der Waals surface area contributed by atoms with Crippen LogP contribution < -0.4 is 0 Å². The second-order valence-electron chi connectivity index (χ2n) is 7.18. The first kappa shape index (κ1) is 18.4. The zero-order valence-electron chi connectivity index (χ0n) is 16.3. The molecule has 1 saturated heterocycles. The molecule has 2 heterocycles. The second-order valence-corrected chi connectivity index (χ2v) is 7.18. The Bertz CT molecular complexity index is 951. The van der Waals surface area contributed by atoms with Crippen molar-refractivity contribution in [1.82, 2.24) is 14.7 Å². The minimum atomic E-state index is -0.0619. The van der Waals surface area contributed by atoms with Crippen molar-refractivity contribution in [3.05, 3.63) is 83.2 Å². The highest BCUT2D eigenvalue weighted by Gasteiger charge is 2.26. The summed E-state index contributed by atoms with van der Waals surface area (Å²) in [5.74, 6) is 0.128. The molecule has 1 aliphatic rings. The fourth-order valence-corrected chi connectivity index (χ4v) is 3.76. The van der Waals surface area contributed by atoms with Gasteiger partial charge in [0.25, 0.3) is 0 Å². The van der Waals surface area contributed by atoms with Gasteiger partial charge in [0.1, 0.15) is 6.10 Å². The Morgan fingerprint density at radius 3 is 2.46 bits per heavy atom. The maximum atomic E-state index is 13.0. The molecular formula is C23H25N3O2. The lowest BCUT2D eigenvalue weighted by Crippen LogP contribution is -2.43. The molecule has 1 aliphatic heterocycles. The van der Waals surface area contributed by atoms with Crippen LogP contribution in [0.4, 0.5) is 0 Å². The standard InChI is InChI=1S/C23H25N3O2/c1-17-21(18(2)26(24-17)20-11-7-4-8-12-20)15-23(27)25-13-14-28-22(16-25)19-9-5-3-6-10-19/h3-12,22H,13-16H2,1-2H3/t22-/m0/s1. The average molecular weight is 375 g/mol. The third kappa shape index (κ3) is 3.71. The van der Waals surface area contributed by atoms with Gasteiger partial charge in [-0.05, 0) is 31.5 Å². The highest BCUT2D eigenvalue weighted by atomic mass is 16.5. The maximum absolute atomic E-state index is 13.0. The van der Waals surface area contributed by atoms with Crippen LogP contribution >= 0.6 is 0 Å². The van der Waals surface area contributed by atoms with Crippen molar-refractivity contribution in [2.24, 2.45) is 0 Å². The maximum Gasteiger partial charge on any atom is 0.227 e. The molecule has 1 amide bonds. The minimum absolute atomic E-state index is 0.0619. The number of rotatable bonds is 4. The van der Waals surface area contributed by atoms with Crippen molar-refractivity contribution < 1.29 is 9.53 Å². The quantitative estimate of drug-likeness (QED) is 0.700. The summed E-state index contributed by atoms with van der Waals surface area (Å²) in [7, 11) is 0. The molecular weight excluding hydrogens is 350 g/mol. The van der Waals surface area contributed by atoms with E-state index in [1.807, 2.05) is 72.0 Å². The van der Waals surface area contributed by atoms with E-state index in [4.69, 9.17) is 4.74 Å². The molecule has 4 rings (SSSR count). The third-order valence-electron chi connectivity index (χ3n) is 5.36. The zero-order chi connectivity index (χ0) is 19.5. The van der Waals surface area contributed by atoms with Crippen molar-refractivity contribution in [3.8, 4) is 5.69 Å². The third-order valence-corrected chi connectivity index (χ3v) is 5.36. The molecule has 144 valence electrons. The average Bonchev–Trinajstić information content (AvgIpc) is 3.03. The van der Waals surface area contributed by atoms with E-state index in [1.165, 1.54) is 0 Å². The fraction of sp³-hybridized carbons (Fsp3) is 0.304. The number of benzene rings is 2. The Balaban J connectivity index is 1.50. The number of para-hydroxylation sites is 1. The number of carbonyl (C=O) groups is 1. The first-order valence-electron chi connectivity index (χ1n) is 9.68. The molecule has 0 radical (unpaired) electrons. The van der Waals surface area contributed by atoms with Crippen LogP contribution in [-0.4, -0.2) is 40.3 Å². The predicted octanol–water partition coefficient (Wildman–Crippen LogP) is 3.63. The number of ether oxygens (including phenoxy) is 1. The summed E-state index contributed by atoms with van der Waals surface area (Å²) in [5.41, 5.74) is 5.06. The summed E-state index contributed by atoms with van der Waals surface area (Å²) in [4.78, 5) is 14.9. The summed E-state index contributed by atoms with van der Waals surface area (Å²) in [6.07, 6.45) is 0.305. The van der Waals surface area contributed by atoms with Crippen LogP contribution in [0.1, 0.15) is 28.6 Å². The van der Waals surface area contributed by atoms with E-state index >= 15 is 0 Å². The van der Waals surface area contributed by atoms with Gasteiger partial charge in [-0.15, -0.1) is 0 Å². The molecule has 2 aromatic carbocycles. The summed E-state index contributed by atoms with van der Waals surface area (Å²) in [5, 5.41) is 4.66. The van der Waals surface area contributed by atoms with E-state index in [9.17, 15) is 4.79 Å². The van der Waals surface area contributed by atoms with Crippen molar-refractivity contribution >= 4 is 5.91 Å². The van der Waals surface area contributed by atoms with Gasteiger partial charge in [0.2, 0.25) is 5.91 Å². The van der Waals surface area contributed by atoms with Crippen LogP contribution in [0, 0.1) is 13.8 Å². The number of nitrogens with zero attached hydrogens (tertiary/aromatic N) is 3. The van der Waals surface area contributed by atoms with Gasteiger partial charge in [-0.3, -0.25) is 4.79 Å². The molecule has 0 saturated carbocycles. The number of hydrogen-bond donors (Lipinski definition) is 0. The molecule has 0 spiro atoms. The van der Waals surface area contributed by atoms with Crippen LogP contribution in [0.2, 0.25) is 0 Å². The molecule has 5 heteroatoms. The van der Waals surface area contributed by atoms with E-state index in [1.54, 1.807) is 0 Å². The number of morpholine rings is 1. The molecule has 0 aliphatic carbocycles. The van der Waals surface area contributed by atoms with Crippen LogP contribution in [0.5, 0.6) is 0 Å². The molecule has 1 aromatic heterocycles.